The highest BCUT2D eigenvalue weighted by molar-refractivity contribution is 7.21. The number of benzene rings is 2. The maximum absolute atomic E-state index is 12.6. The van der Waals surface area contributed by atoms with Gasteiger partial charge in [-0.2, -0.15) is 0 Å². The predicted molar refractivity (Wildman–Crippen MR) is 104 cm³/mol. The van der Waals surface area contributed by atoms with Gasteiger partial charge >= 0.3 is 0 Å². The third-order valence-electron chi connectivity index (χ3n) is 3.87. The van der Waals surface area contributed by atoms with E-state index in [1.165, 1.54) is 11.3 Å². The molecule has 0 unspecified atom stereocenters. The molecule has 2 N–H and O–H groups in total. The Bertz CT molecular complexity index is 1090. The van der Waals surface area contributed by atoms with Gasteiger partial charge < -0.3 is 0 Å². The standard InChI is InChI=1S/C20H14N4O2S/c25-18(13-7-2-1-3-8-13)23-24-19(26)14-9-6-12-21-17(14)20-22-15-10-4-5-11-16(15)27-20/h1-12H,(H,23,25)(H,24,26). The fourth-order valence-corrected chi connectivity index (χ4v) is 3.55. The molecule has 0 saturated carbocycles. The summed E-state index contributed by atoms with van der Waals surface area (Å²) in [5.41, 5.74) is 6.98. The zero-order chi connectivity index (χ0) is 18.6. The van der Waals surface area contributed by atoms with Crippen LogP contribution in [0.1, 0.15) is 20.7 Å². The summed E-state index contributed by atoms with van der Waals surface area (Å²) in [7, 11) is 0. The fourth-order valence-electron chi connectivity index (χ4n) is 2.58. The summed E-state index contributed by atoms with van der Waals surface area (Å²) in [6.45, 7) is 0. The van der Waals surface area contributed by atoms with Crippen molar-refractivity contribution in [1.29, 1.82) is 0 Å². The highest BCUT2D eigenvalue weighted by atomic mass is 32.1. The van der Waals surface area contributed by atoms with Gasteiger partial charge in [-0.25, -0.2) is 4.98 Å². The molecule has 2 amide bonds. The number of nitrogens with zero attached hydrogens (tertiary/aromatic N) is 2. The van der Waals surface area contributed by atoms with Crippen molar-refractivity contribution in [2.75, 3.05) is 0 Å². The molecule has 2 aromatic heterocycles. The first-order valence-corrected chi connectivity index (χ1v) is 9.01. The quantitative estimate of drug-likeness (QED) is 0.538. The molecule has 7 heteroatoms. The first kappa shape index (κ1) is 16.9. The summed E-state index contributed by atoms with van der Waals surface area (Å²) >= 11 is 1.46. The van der Waals surface area contributed by atoms with Crippen LogP contribution in [0.25, 0.3) is 20.9 Å². The normalized spacial score (nSPS) is 10.5. The number of carbonyl (C=O) groups excluding carboxylic acids is 2. The molecule has 0 aliphatic heterocycles. The third-order valence-corrected chi connectivity index (χ3v) is 4.92. The number of nitrogens with one attached hydrogen (secondary N) is 2. The van der Waals surface area contributed by atoms with E-state index in [0.717, 1.165) is 10.2 Å². The number of amides is 2. The van der Waals surface area contributed by atoms with Gasteiger partial charge in [-0.15, -0.1) is 11.3 Å². The highest BCUT2D eigenvalue weighted by Gasteiger charge is 2.17. The highest BCUT2D eigenvalue weighted by Crippen LogP contribution is 2.30. The summed E-state index contributed by atoms with van der Waals surface area (Å²) in [6, 6.07) is 19.7. The van der Waals surface area contributed by atoms with Crippen molar-refractivity contribution in [3.8, 4) is 10.7 Å². The number of carbonyl (C=O) groups is 2. The van der Waals surface area contributed by atoms with Crippen LogP contribution in [0, 0.1) is 0 Å². The lowest BCUT2D eigenvalue weighted by Crippen LogP contribution is -2.41. The first-order valence-electron chi connectivity index (χ1n) is 8.19. The minimum atomic E-state index is -0.457. The van der Waals surface area contributed by atoms with E-state index in [2.05, 4.69) is 20.8 Å². The topological polar surface area (TPSA) is 84.0 Å². The van der Waals surface area contributed by atoms with E-state index in [0.29, 0.717) is 21.8 Å². The van der Waals surface area contributed by atoms with E-state index >= 15 is 0 Å². The van der Waals surface area contributed by atoms with Crippen molar-refractivity contribution < 1.29 is 9.59 Å². The Hall–Kier alpha value is -3.58. The number of hydrazine groups is 1. The lowest BCUT2D eigenvalue weighted by atomic mass is 10.2. The summed E-state index contributed by atoms with van der Waals surface area (Å²) in [6.07, 6.45) is 1.61. The lowest BCUT2D eigenvalue weighted by molar-refractivity contribution is 0.0847. The maximum Gasteiger partial charge on any atom is 0.272 e. The zero-order valence-electron chi connectivity index (χ0n) is 14.0. The molecule has 2 heterocycles. The van der Waals surface area contributed by atoms with E-state index in [1.54, 1.807) is 42.6 Å². The second-order valence-electron chi connectivity index (χ2n) is 5.66. The van der Waals surface area contributed by atoms with Crippen molar-refractivity contribution in [3.63, 3.8) is 0 Å². The lowest BCUT2D eigenvalue weighted by Gasteiger charge is -2.09. The number of hydrogen-bond donors (Lipinski definition) is 2. The van der Waals surface area contributed by atoms with Crippen LogP contribution in [0.15, 0.2) is 72.9 Å². The molecule has 0 radical (unpaired) electrons. The van der Waals surface area contributed by atoms with E-state index in [4.69, 9.17) is 0 Å². The summed E-state index contributed by atoms with van der Waals surface area (Å²) in [5, 5.41) is 0.649. The van der Waals surface area contributed by atoms with E-state index in [-0.39, 0.29) is 0 Å². The Balaban J connectivity index is 1.57. The molecule has 0 aliphatic rings. The number of pyridine rings is 1. The maximum atomic E-state index is 12.6. The zero-order valence-corrected chi connectivity index (χ0v) is 14.9. The van der Waals surface area contributed by atoms with Gasteiger partial charge in [0, 0.05) is 11.8 Å². The van der Waals surface area contributed by atoms with E-state index < -0.39 is 11.8 Å². The largest absolute Gasteiger partial charge is 0.272 e. The molecule has 0 saturated heterocycles. The Morgan fingerprint density at radius 1 is 0.815 bits per heavy atom. The summed E-state index contributed by atoms with van der Waals surface area (Å²) in [4.78, 5) is 33.6. The van der Waals surface area contributed by atoms with Gasteiger partial charge in [0.2, 0.25) is 0 Å². The van der Waals surface area contributed by atoms with E-state index in [9.17, 15) is 9.59 Å². The van der Waals surface area contributed by atoms with Crippen molar-refractivity contribution in [1.82, 2.24) is 20.8 Å². The number of thiazole rings is 1. The second-order valence-corrected chi connectivity index (χ2v) is 6.69. The van der Waals surface area contributed by atoms with Crippen LogP contribution in [0.2, 0.25) is 0 Å². The smallest absolute Gasteiger partial charge is 0.267 e. The molecule has 0 bridgehead atoms. The molecule has 2 aromatic carbocycles. The summed E-state index contributed by atoms with van der Waals surface area (Å²) < 4.78 is 1.02. The second kappa shape index (κ2) is 7.35. The van der Waals surface area contributed by atoms with Crippen LogP contribution in [0.5, 0.6) is 0 Å². The minimum Gasteiger partial charge on any atom is -0.267 e. The molecule has 6 nitrogen and oxygen atoms in total. The Morgan fingerprint density at radius 2 is 1.56 bits per heavy atom. The van der Waals surface area contributed by atoms with Crippen LogP contribution in [-0.2, 0) is 0 Å². The molecule has 0 aliphatic carbocycles. The van der Waals surface area contributed by atoms with Crippen molar-refractivity contribution in [2.24, 2.45) is 0 Å². The SMILES string of the molecule is O=C(NNC(=O)c1cccnc1-c1nc2ccccc2s1)c1ccccc1. The molecule has 0 fully saturated rings. The molecule has 132 valence electrons. The predicted octanol–water partition coefficient (Wildman–Crippen LogP) is 3.43. The van der Waals surface area contributed by atoms with E-state index in [1.807, 2.05) is 30.3 Å². The molecule has 4 aromatic rings. The number of rotatable bonds is 3. The Kier molecular flexibility index (Phi) is 4.59. The van der Waals surface area contributed by atoms with Gasteiger partial charge in [0.15, 0.2) is 0 Å². The minimum absolute atomic E-state index is 0.338. The average Bonchev–Trinajstić information content (AvgIpc) is 3.16. The van der Waals surface area contributed by atoms with Gasteiger partial charge in [-0.05, 0) is 36.4 Å². The molecular weight excluding hydrogens is 360 g/mol. The van der Waals surface area contributed by atoms with Crippen molar-refractivity contribution in [3.05, 3.63) is 84.1 Å². The molecule has 0 spiro atoms. The Labute approximate surface area is 158 Å². The van der Waals surface area contributed by atoms with Gasteiger partial charge in [0.25, 0.3) is 11.8 Å². The fraction of sp³-hybridized carbons (Fsp3) is 0. The third kappa shape index (κ3) is 3.54. The number of para-hydroxylation sites is 1. The van der Waals surface area contributed by atoms with Crippen LogP contribution in [0.4, 0.5) is 0 Å². The van der Waals surface area contributed by atoms with Crippen LogP contribution < -0.4 is 10.9 Å². The van der Waals surface area contributed by atoms with Crippen LogP contribution >= 0.6 is 11.3 Å². The summed E-state index contributed by atoms with van der Waals surface area (Å²) in [5.74, 6) is -0.851. The monoisotopic (exact) mass is 374 g/mol. The van der Waals surface area contributed by atoms with Crippen molar-refractivity contribution >= 4 is 33.4 Å². The first-order chi connectivity index (χ1) is 13.2. The molecule has 0 atom stereocenters. The molecule has 27 heavy (non-hydrogen) atoms. The Morgan fingerprint density at radius 3 is 2.37 bits per heavy atom. The van der Waals surface area contributed by atoms with Crippen LogP contribution in [-0.4, -0.2) is 21.8 Å². The van der Waals surface area contributed by atoms with Gasteiger partial charge in [0.05, 0.1) is 15.8 Å². The van der Waals surface area contributed by atoms with Crippen LogP contribution in [0.3, 0.4) is 0 Å². The number of fused-ring (bicyclic) bond motifs is 1. The number of hydrogen-bond acceptors (Lipinski definition) is 5. The molecule has 4 rings (SSSR count). The number of aromatic nitrogens is 2. The van der Waals surface area contributed by atoms with Crippen molar-refractivity contribution in [2.45, 2.75) is 0 Å². The van der Waals surface area contributed by atoms with Gasteiger partial charge in [-0.3, -0.25) is 25.4 Å². The molecular formula is C20H14N4O2S. The van der Waals surface area contributed by atoms with Gasteiger partial charge in [-0.1, -0.05) is 30.3 Å². The average molecular weight is 374 g/mol. The van der Waals surface area contributed by atoms with Gasteiger partial charge in [0.1, 0.15) is 10.7 Å².